The van der Waals surface area contributed by atoms with E-state index in [2.05, 4.69) is 17.2 Å². The van der Waals surface area contributed by atoms with Gasteiger partial charge in [-0.25, -0.2) is 4.39 Å². The number of anilines is 1. The van der Waals surface area contributed by atoms with Gasteiger partial charge in [0.15, 0.2) is 0 Å². The molecule has 2 rings (SSSR count). The molecule has 1 aromatic heterocycles. The molecular formula is C19H25FN2O. The van der Waals surface area contributed by atoms with Crippen LogP contribution in [-0.4, -0.2) is 11.4 Å². The summed E-state index contributed by atoms with van der Waals surface area (Å²) in [5, 5.41) is 2.60. The van der Waals surface area contributed by atoms with Crippen molar-refractivity contribution in [3.05, 3.63) is 52.1 Å². The molecule has 2 N–H and O–H groups in total. The molecule has 23 heavy (non-hydrogen) atoms. The van der Waals surface area contributed by atoms with Crippen LogP contribution in [0.4, 0.5) is 10.1 Å². The molecule has 0 spiro atoms. The van der Waals surface area contributed by atoms with E-state index in [0.717, 1.165) is 17.0 Å². The number of carbonyl (C=O) groups is 1. The van der Waals surface area contributed by atoms with Crippen molar-refractivity contribution in [2.45, 2.75) is 41.5 Å². The molecule has 0 unspecified atom stereocenters. The zero-order valence-electron chi connectivity index (χ0n) is 14.7. The number of H-pyrrole nitrogens is 1. The maximum Gasteiger partial charge on any atom is 0.211 e. The molecule has 4 heteroatoms. The van der Waals surface area contributed by atoms with Crippen molar-refractivity contribution < 1.29 is 9.18 Å². The van der Waals surface area contributed by atoms with Crippen molar-refractivity contribution in [1.82, 2.24) is 4.98 Å². The Morgan fingerprint density at radius 1 is 1.17 bits per heavy atom. The summed E-state index contributed by atoms with van der Waals surface area (Å²) >= 11 is 0. The van der Waals surface area contributed by atoms with Crippen molar-refractivity contribution in [1.29, 1.82) is 0 Å². The lowest BCUT2D eigenvalue weighted by atomic mass is 10.0. The average molecular weight is 316 g/mol. The van der Waals surface area contributed by atoms with Gasteiger partial charge in [0.05, 0.1) is 0 Å². The zero-order chi connectivity index (χ0) is 17.6. The summed E-state index contributed by atoms with van der Waals surface area (Å²) in [5.74, 6) is -0.329. The lowest BCUT2D eigenvalue weighted by Crippen LogP contribution is -1.98. The molecule has 1 aromatic carbocycles. The fourth-order valence-corrected chi connectivity index (χ4v) is 2.34. The Morgan fingerprint density at radius 2 is 1.83 bits per heavy atom. The molecule has 0 bridgehead atoms. The molecule has 2 aromatic rings. The Balaban J connectivity index is 0.00000127. The lowest BCUT2D eigenvalue weighted by Gasteiger charge is -2.09. The van der Waals surface area contributed by atoms with Crippen molar-refractivity contribution in [3.8, 4) is 0 Å². The van der Waals surface area contributed by atoms with E-state index < -0.39 is 0 Å². The Hall–Kier alpha value is -2.36. The first-order valence-corrected chi connectivity index (χ1v) is 7.78. The van der Waals surface area contributed by atoms with Crippen LogP contribution in [0.3, 0.4) is 0 Å². The number of hydrogen-bond acceptors (Lipinski definition) is 1. The van der Waals surface area contributed by atoms with Crippen molar-refractivity contribution in [2.24, 2.45) is 0 Å². The summed E-state index contributed by atoms with van der Waals surface area (Å²) in [5.41, 5.74) is 6.67. The highest BCUT2D eigenvalue weighted by Crippen LogP contribution is 2.28. The van der Waals surface area contributed by atoms with Gasteiger partial charge in [-0.1, -0.05) is 13.8 Å². The maximum absolute atomic E-state index is 13.5. The monoisotopic (exact) mass is 316 g/mol. The molecule has 0 saturated heterocycles. The zero-order valence-corrected chi connectivity index (χ0v) is 14.7. The van der Waals surface area contributed by atoms with Crippen LogP contribution in [0.2, 0.25) is 0 Å². The average Bonchev–Trinajstić information content (AvgIpc) is 2.78. The van der Waals surface area contributed by atoms with Crippen molar-refractivity contribution in [2.75, 3.05) is 5.32 Å². The number of benzene rings is 1. The maximum atomic E-state index is 13.5. The van der Waals surface area contributed by atoms with Crippen molar-refractivity contribution >= 4 is 23.7 Å². The first-order chi connectivity index (χ1) is 10.9. The molecule has 1 amide bonds. The highest BCUT2D eigenvalue weighted by Gasteiger charge is 2.09. The Bertz CT molecular complexity index is 714. The van der Waals surface area contributed by atoms with Gasteiger partial charge in [-0.05, 0) is 68.7 Å². The van der Waals surface area contributed by atoms with Crippen LogP contribution >= 0.6 is 0 Å². The molecule has 3 nitrogen and oxygen atoms in total. The van der Waals surface area contributed by atoms with Crippen LogP contribution in [0.5, 0.6) is 0 Å². The van der Waals surface area contributed by atoms with E-state index in [1.165, 1.54) is 23.3 Å². The number of aryl methyl sites for hydroxylation is 1. The minimum Gasteiger partial charge on any atom is -0.359 e. The third-order valence-electron chi connectivity index (χ3n) is 3.83. The smallest absolute Gasteiger partial charge is 0.211 e. The Labute approximate surface area is 137 Å². The van der Waals surface area contributed by atoms with E-state index in [9.17, 15) is 9.18 Å². The van der Waals surface area contributed by atoms with Crippen LogP contribution in [0.1, 0.15) is 48.8 Å². The van der Waals surface area contributed by atoms with E-state index in [-0.39, 0.29) is 5.82 Å². The van der Waals surface area contributed by atoms with Gasteiger partial charge < -0.3 is 10.3 Å². The van der Waals surface area contributed by atoms with Crippen LogP contribution in [0.25, 0.3) is 11.6 Å². The third-order valence-corrected chi connectivity index (χ3v) is 3.83. The van der Waals surface area contributed by atoms with Gasteiger partial charge in [0.2, 0.25) is 6.41 Å². The fraction of sp³-hybridized carbons (Fsp3) is 0.316. The predicted molar refractivity (Wildman–Crippen MR) is 96.0 cm³/mol. The summed E-state index contributed by atoms with van der Waals surface area (Å²) in [6, 6.07) is 4.32. The molecule has 0 saturated carbocycles. The Kier molecular flexibility index (Phi) is 6.76. The molecular weight excluding hydrogens is 291 g/mol. The molecule has 0 aliphatic rings. The molecule has 0 aliphatic heterocycles. The third kappa shape index (κ3) is 4.31. The second-order valence-electron chi connectivity index (χ2n) is 5.19. The van der Waals surface area contributed by atoms with Gasteiger partial charge in [0, 0.05) is 22.6 Å². The highest BCUT2D eigenvalue weighted by molar-refractivity contribution is 5.89. The standard InChI is InChI=1S/C17H19FN2O.C2H6/c1-10(7-17-12(3)11(2)13(4)20-17)15-8-14(18)5-6-16(15)19-9-21;1-2/h5-9,20H,1-4H3,(H,19,21);1-2H3/b10-7+;. The second kappa shape index (κ2) is 8.32. The summed E-state index contributed by atoms with van der Waals surface area (Å²) in [4.78, 5) is 14.0. The van der Waals surface area contributed by atoms with E-state index in [1.807, 2.05) is 40.7 Å². The van der Waals surface area contributed by atoms with Gasteiger partial charge in [0.1, 0.15) is 5.82 Å². The predicted octanol–water partition coefficient (Wildman–Crippen LogP) is 5.23. The van der Waals surface area contributed by atoms with Gasteiger partial charge >= 0.3 is 0 Å². The van der Waals surface area contributed by atoms with Crippen LogP contribution in [0, 0.1) is 26.6 Å². The first-order valence-electron chi connectivity index (χ1n) is 7.78. The number of nitrogens with one attached hydrogen (secondary N) is 2. The van der Waals surface area contributed by atoms with Gasteiger partial charge in [-0.15, -0.1) is 0 Å². The van der Waals surface area contributed by atoms with E-state index in [4.69, 9.17) is 0 Å². The molecule has 0 radical (unpaired) electrons. The number of amides is 1. The minimum absolute atomic E-state index is 0.329. The van der Waals surface area contributed by atoms with E-state index in [0.29, 0.717) is 17.7 Å². The Morgan fingerprint density at radius 3 is 2.35 bits per heavy atom. The highest BCUT2D eigenvalue weighted by atomic mass is 19.1. The largest absolute Gasteiger partial charge is 0.359 e. The van der Waals surface area contributed by atoms with E-state index in [1.54, 1.807) is 6.07 Å². The van der Waals surface area contributed by atoms with Gasteiger partial charge in [-0.2, -0.15) is 0 Å². The number of carbonyl (C=O) groups excluding carboxylic acids is 1. The van der Waals surface area contributed by atoms with Crippen molar-refractivity contribution in [3.63, 3.8) is 0 Å². The number of aromatic amines is 1. The molecule has 124 valence electrons. The molecule has 0 aliphatic carbocycles. The summed E-state index contributed by atoms with van der Waals surface area (Å²) in [7, 11) is 0. The van der Waals surface area contributed by atoms with E-state index >= 15 is 0 Å². The number of allylic oxidation sites excluding steroid dienone is 1. The number of rotatable bonds is 4. The number of halogens is 1. The van der Waals surface area contributed by atoms with Gasteiger partial charge in [0.25, 0.3) is 0 Å². The van der Waals surface area contributed by atoms with Crippen LogP contribution in [0.15, 0.2) is 18.2 Å². The molecule has 1 heterocycles. The second-order valence-corrected chi connectivity index (χ2v) is 5.19. The topological polar surface area (TPSA) is 44.9 Å². The summed E-state index contributed by atoms with van der Waals surface area (Å²) in [6.45, 7) is 12.0. The summed E-state index contributed by atoms with van der Waals surface area (Å²) < 4.78 is 13.5. The number of hydrogen-bond donors (Lipinski definition) is 2. The fourth-order valence-electron chi connectivity index (χ4n) is 2.34. The summed E-state index contributed by atoms with van der Waals surface area (Å²) in [6.07, 6.45) is 2.57. The van der Waals surface area contributed by atoms with Gasteiger partial charge in [-0.3, -0.25) is 4.79 Å². The SMILES string of the molecule is C/C(=C\c1[nH]c(C)c(C)c1C)c1cc(F)ccc1NC=O.CC. The quantitative estimate of drug-likeness (QED) is 0.745. The van der Waals surface area contributed by atoms with Crippen LogP contribution < -0.4 is 5.32 Å². The molecule has 0 fully saturated rings. The minimum atomic E-state index is -0.329. The molecule has 0 atom stereocenters. The van der Waals surface area contributed by atoms with Crippen LogP contribution in [-0.2, 0) is 4.79 Å². The first kappa shape index (κ1) is 18.7. The normalized spacial score (nSPS) is 10.8. The number of aromatic nitrogens is 1. The lowest BCUT2D eigenvalue weighted by molar-refractivity contribution is -0.105.